The van der Waals surface area contributed by atoms with Crippen molar-refractivity contribution >= 4 is 22.9 Å². The first kappa shape index (κ1) is 17.0. The average Bonchev–Trinajstić information content (AvgIpc) is 3.18. The Bertz CT molecular complexity index is 810. The Morgan fingerprint density at radius 2 is 2.00 bits per heavy atom. The number of benzene rings is 1. The molecule has 126 valence electrons. The maximum absolute atomic E-state index is 5.98. The summed E-state index contributed by atoms with van der Waals surface area (Å²) in [6, 6.07) is 12.1. The molecule has 4 nitrogen and oxygen atoms in total. The number of methoxy groups -OCH3 is 1. The highest BCUT2D eigenvalue weighted by Crippen LogP contribution is 2.24. The van der Waals surface area contributed by atoms with Gasteiger partial charge in [-0.15, -0.1) is 11.3 Å². The van der Waals surface area contributed by atoms with Gasteiger partial charge in [-0.3, -0.25) is 0 Å². The fraction of sp³-hybridized carbons (Fsp3) is 0.278. The highest BCUT2D eigenvalue weighted by atomic mass is 35.5. The van der Waals surface area contributed by atoms with Gasteiger partial charge in [-0.2, -0.15) is 5.10 Å². The van der Waals surface area contributed by atoms with Crippen LogP contribution in [0.25, 0.3) is 5.69 Å². The lowest BCUT2D eigenvalue weighted by Gasteiger charge is -2.13. The summed E-state index contributed by atoms with van der Waals surface area (Å²) in [6.45, 7) is 5.04. The number of nitrogens with zero attached hydrogens (tertiary/aromatic N) is 2. The van der Waals surface area contributed by atoms with Gasteiger partial charge in [0.25, 0.3) is 0 Å². The van der Waals surface area contributed by atoms with Crippen molar-refractivity contribution in [2.75, 3.05) is 7.11 Å². The van der Waals surface area contributed by atoms with Crippen molar-refractivity contribution < 1.29 is 4.74 Å². The molecule has 0 aliphatic rings. The van der Waals surface area contributed by atoms with Crippen molar-refractivity contribution in [3.05, 3.63) is 63.1 Å². The van der Waals surface area contributed by atoms with E-state index in [9.17, 15) is 0 Å². The van der Waals surface area contributed by atoms with Crippen LogP contribution in [0.4, 0.5) is 0 Å². The van der Waals surface area contributed by atoms with Gasteiger partial charge >= 0.3 is 0 Å². The maximum Gasteiger partial charge on any atom is 0.119 e. The lowest BCUT2D eigenvalue weighted by Crippen LogP contribution is -2.18. The minimum Gasteiger partial charge on any atom is -0.497 e. The molecule has 0 amide bonds. The van der Waals surface area contributed by atoms with E-state index in [0.29, 0.717) is 0 Å². The number of hydrogen-bond acceptors (Lipinski definition) is 4. The van der Waals surface area contributed by atoms with Crippen LogP contribution in [0.1, 0.15) is 29.1 Å². The van der Waals surface area contributed by atoms with Crippen molar-refractivity contribution in [1.82, 2.24) is 15.1 Å². The summed E-state index contributed by atoms with van der Waals surface area (Å²) < 4.78 is 7.98. The Balaban J connectivity index is 1.73. The molecule has 0 saturated carbocycles. The lowest BCUT2D eigenvalue weighted by molar-refractivity contribution is 0.414. The molecule has 0 fully saturated rings. The molecule has 1 N–H and O–H groups in total. The summed E-state index contributed by atoms with van der Waals surface area (Å²) in [5.41, 5.74) is 3.34. The third kappa shape index (κ3) is 3.64. The van der Waals surface area contributed by atoms with E-state index in [0.717, 1.165) is 28.0 Å². The SMILES string of the molecule is COc1ccc(-n2ncc([C@H](C)NCc3ccc(Cl)s3)c2C)cc1. The van der Waals surface area contributed by atoms with E-state index in [-0.39, 0.29) is 6.04 Å². The summed E-state index contributed by atoms with van der Waals surface area (Å²) in [5, 5.41) is 8.07. The standard InChI is InChI=1S/C18H20ClN3OS/c1-12(20-10-16-8-9-18(19)24-16)17-11-21-22(13(17)2)14-4-6-15(23-3)7-5-14/h4-9,11-12,20H,10H2,1-3H3/t12-/m0/s1. The van der Waals surface area contributed by atoms with Crippen LogP contribution >= 0.6 is 22.9 Å². The highest BCUT2D eigenvalue weighted by molar-refractivity contribution is 7.16. The molecule has 6 heteroatoms. The minimum atomic E-state index is 0.206. The molecule has 0 unspecified atom stereocenters. The molecule has 0 saturated heterocycles. The number of thiophene rings is 1. The number of nitrogens with one attached hydrogen (secondary N) is 1. The molecule has 1 aromatic carbocycles. The second-order valence-corrected chi connectivity index (χ2v) is 7.40. The molecule has 0 radical (unpaired) electrons. The van der Waals surface area contributed by atoms with Crippen LogP contribution < -0.4 is 10.1 Å². The Hall–Kier alpha value is -1.82. The molecule has 24 heavy (non-hydrogen) atoms. The van der Waals surface area contributed by atoms with E-state index in [1.54, 1.807) is 18.4 Å². The van der Waals surface area contributed by atoms with Crippen molar-refractivity contribution in [1.29, 1.82) is 0 Å². The van der Waals surface area contributed by atoms with Gasteiger partial charge in [-0.05, 0) is 50.2 Å². The molecule has 2 aromatic heterocycles. The summed E-state index contributed by atoms with van der Waals surface area (Å²) >= 11 is 7.58. The predicted molar refractivity (Wildman–Crippen MR) is 99.4 cm³/mol. The fourth-order valence-electron chi connectivity index (χ4n) is 2.64. The molecule has 1 atom stereocenters. The zero-order chi connectivity index (χ0) is 17.1. The first-order valence-corrected chi connectivity index (χ1v) is 8.94. The number of hydrogen-bond donors (Lipinski definition) is 1. The van der Waals surface area contributed by atoms with Gasteiger partial charge in [-0.1, -0.05) is 11.6 Å². The summed E-state index contributed by atoms with van der Waals surface area (Å²) in [6.07, 6.45) is 1.93. The van der Waals surface area contributed by atoms with Crippen molar-refractivity contribution in [3.63, 3.8) is 0 Å². The number of aromatic nitrogens is 2. The lowest BCUT2D eigenvalue weighted by atomic mass is 10.1. The van der Waals surface area contributed by atoms with Crippen molar-refractivity contribution in [3.8, 4) is 11.4 Å². The van der Waals surface area contributed by atoms with Gasteiger partial charge in [-0.25, -0.2) is 4.68 Å². The van der Waals surface area contributed by atoms with Gasteiger partial charge in [0.2, 0.25) is 0 Å². The quantitative estimate of drug-likeness (QED) is 0.688. The van der Waals surface area contributed by atoms with Crippen LogP contribution in [0.5, 0.6) is 5.75 Å². The van der Waals surface area contributed by atoms with Gasteiger partial charge in [0.05, 0.1) is 23.3 Å². The van der Waals surface area contributed by atoms with Gasteiger partial charge in [0.1, 0.15) is 5.75 Å². The maximum atomic E-state index is 5.98. The zero-order valence-electron chi connectivity index (χ0n) is 13.9. The second kappa shape index (κ2) is 7.38. The molecule has 2 heterocycles. The third-order valence-corrected chi connectivity index (χ3v) is 5.27. The zero-order valence-corrected chi connectivity index (χ0v) is 15.5. The number of ether oxygens (including phenoxy) is 1. The smallest absolute Gasteiger partial charge is 0.119 e. The fourth-order valence-corrected chi connectivity index (χ4v) is 3.68. The third-order valence-electron chi connectivity index (χ3n) is 4.04. The molecular weight excluding hydrogens is 342 g/mol. The summed E-state index contributed by atoms with van der Waals surface area (Å²) in [7, 11) is 1.67. The average molecular weight is 362 g/mol. The van der Waals surface area contributed by atoms with Crippen LogP contribution in [0.3, 0.4) is 0 Å². The summed E-state index contributed by atoms with van der Waals surface area (Å²) in [5.74, 6) is 0.841. The topological polar surface area (TPSA) is 39.1 Å². The molecule has 3 rings (SSSR count). The normalized spacial score (nSPS) is 12.3. The van der Waals surface area contributed by atoms with Crippen LogP contribution in [0.2, 0.25) is 4.34 Å². The van der Waals surface area contributed by atoms with Crippen molar-refractivity contribution in [2.45, 2.75) is 26.4 Å². The van der Waals surface area contributed by atoms with E-state index in [4.69, 9.17) is 16.3 Å². The van der Waals surface area contributed by atoms with Crippen LogP contribution in [0.15, 0.2) is 42.6 Å². The van der Waals surface area contributed by atoms with Crippen LogP contribution in [0, 0.1) is 6.92 Å². The largest absolute Gasteiger partial charge is 0.497 e. The van der Waals surface area contributed by atoms with Crippen LogP contribution in [-0.2, 0) is 6.54 Å². The van der Waals surface area contributed by atoms with E-state index in [2.05, 4.69) is 30.3 Å². The van der Waals surface area contributed by atoms with E-state index in [1.165, 1.54) is 10.4 Å². The van der Waals surface area contributed by atoms with E-state index < -0.39 is 0 Å². The highest BCUT2D eigenvalue weighted by Gasteiger charge is 2.14. The van der Waals surface area contributed by atoms with Gasteiger partial charge in [0.15, 0.2) is 0 Å². The molecule has 0 spiro atoms. The molecule has 0 bridgehead atoms. The van der Waals surface area contributed by atoms with Gasteiger partial charge < -0.3 is 10.1 Å². The van der Waals surface area contributed by atoms with E-state index >= 15 is 0 Å². The monoisotopic (exact) mass is 361 g/mol. The Kier molecular flexibility index (Phi) is 5.23. The first-order chi connectivity index (χ1) is 11.6. The van der Waals surface area contributed by atoms with E-state index in [1.807, 2.05) is 41.2 Å². The molecular formula is C18H20ClN3OS. The number of halogens is 1. The Morgan fingerprint density at radius 3 is 2.62 bits per heavy atom. The predicted octanol–water partition coefficient (Wildman–Crippen LogP) is 4.76. The molecule has 3 aromatic rings. The Labute approximate surface area is 151 Å². The van der Waals surface area contributed by atoms with Crippen LogP contribution in [-0.4, -0.2) is 16.9 Å². The second-order valence-electron chi connectivity index (χ2n) is 5.60. The summed E-state index contributed by atoms with van der Waals surface area (Å²) in [4.78, 5) is 1.23. The molecule has 0 aliphatic heterocycles. The van der Waals surface area contributed by atoms with Crippen molar-refractivity contribution in [2.24, 2.45) is 0 Å². The molecule has 0 aliphatic carbocycles. The minimum absolute atomic E-state index is 0.206. The first-order valence-electron chi connectivity index (χ1n) is 7.75. The number of rotatable bonds is 6. The van der Waals surface area contributed by atoms with Gasteiger partial charge in [0, 0.05) is 28.7 Å². The Morgan fingerprint density at radius 1 is 1.25 bits per heavy atom.